The third-order valence-corrected chi connectivity index (χ3v) is 12.9. The molecule has 0 amide bonds. The van der Waals surface area contributed by atoms with Crippen molar-refractivity contribution < 1.29 is 24.2 Å². The van der Waals surface area contributed by atoms with Crippen LogP contribution in [0.5, 0.6) is 0 Å². The van der Waals surface area contributed by atoms with E-state index >= 15 is 0 Å². The summed E-state index contributed by atoms with van der Waals surface area (Å²) in [5, 5.41) is 10.5. The molecule has 0 aromatic carbocycles. The maximum Gasteiger partial charge on any atom is 0.319 e. The Labute approximate surface area is 210 Å². The first-order chi connectivity index (χ1) is 16.1. The summed E-state index contributed by atoms with van der Waals surface area (Å²) in [6.45, 7) is 17.5. The molecule has 1 N–H and O–H groups in total. The normalized spacial score (nSPS) is 50.6. The standard InChI is InChI=1S/C30H44O5/c1-17(2)18-10-13-30(24(32)33)15-14-28(6)19(23(18)30)8-9-21-27(5)16-22(31)35-25(34)26(3,4)20(27)11-12-29(21,28)7/h18-21,23H,1,8-16H2,2-7H3,(H,32,33)/t18-,19+,20-,21+,23+,27-,28+,29+,30-/m0/s1. The molecule has 4 saturated carbocycles. The number of carboxylic acids is 1. The second-order valence-corrected chi connectivity index (χ2v) is 14.3. The molecule has 1 saturated heterocycles. The molecule has 35 heavy (non-hydrogen) atoms. The van der Waals surface area contributed by atoms with Crippen LogP contribution in [-0.4, -0.2) is 23.0 Å². The molecule has 0 aromatic heterocycles. The van der Waals surface area contributed by atoms with Gasteiger partial charge in [0.2, 0.25) is 0 Å². The van der Waals surface area contributed by atoms with Crippen LogP contribution in [0.4, 0.5) is 0 Å². The van der Waals surface area contributed by atoms with Crippen LogP contribution in [0.25, 0.3) is 0 Å². The quantitative estimate of drug-likeness (QED) is 0.278. The highest BCUT2D eigenvalue weighted by Gasteiger charge is 2.72. The number of fused-ring (bicyclic) bond motifs is 7. The number of carboxylic acid groups (broad SMARTS) is 1. The van der Waals surface area contributed by atoms with Crippen molar-refractivity contribution in [1.29, 1.82) is 0 Å². The van der Waals surface area contributed by atoms with Gasteiger partial charge in [-0.2, -0.15) is 0 Å². The molecule has 194 valence electrons. The molecule has 0 aromatic rings. The van der Waals surface area contributed by atoms with E-state index in [2.05, 4.69) is 34.3 Å². The summed E-state index contributed by atoms with van der Waals surface area (Å²) in [5.41, 5.74) is -0.510. The first kappa shape index (κ1) is 25.0. The first-order valence-corrected chi connectivity index (χ1v) is 13.8. The van der Waals surface area contributed by atoms with Crippen LogP contribution in [0.2, 0.25) is 0 Å². The Kier molecular flexibility index (Phi) is 5.32. The summed E-state index contributed by atoms with van der Waals surface area (Å²) in [6.07, 6.45) is 7.54. The summed E-state index contributed by atoms with van der Waals surface area (Å²) >= 11 is 0. The Morgan fingerprint density at radius 3 is 2.23 bits per heavy atom. The van der Waals surface area contributed by atoms with E-state index in [1.165, 1.54) is 0 Å². The predicted molar refractivity (Wildman–Crippen MR) is 133 cm³/mol. The van der Waals surface area contributed by atoms with Gasteiger partial charge < -0.3 is 9.84 Å². The third kappa shape index (κ3) is 2.96. The Morgan fingerprint density at radius 2 is 1.60 bits per heavy atom. The minimum Gasteiger partial charge on any atom is -0.481 e. The number of allylic oxidation sites excluding steroid dienone is 1. The van der Waals surface area contributed by atoms with Crippen LogP contribution < -0.4 is 0 Å². The minimum atomic E-state index is -0.693. The number of hydrogen-bond acceptors (Lipinski definition) is 4. The summed E-state index contributed by atoms with van der Waals surface area (Å²) in [4.78, 5) is 38.5. The van der Waals surface area contributed by atoms with E-state index in [0.717, 1.165) is 56.9 Å². The molecule has 1 aliphatic heterocycles. The van der Waals surface area contributed by atoms with Gasteiger partial charge in [0.1, 0.15) is 0 Å². The number of rotatable bonds is 2. The van der Waals surface area contributed by atoms with Crippen molar-refractivity contribution in [3.63, 3.8) is 0 Å². The number of hydrogen-bond donors (Lipinski definition) is 1. The smallest absolute Gasteiger partial charge is 0.319 e. The molecule has 0 unspecified atom stereocenters. The van der Waals surface area contributed by atoms with Crippen LogP contribution >= 0.6 is 0 Å². The van der Waals surface area contributed by atoms with E-state index in [-0.39, 0.29) is 45.9 Å². The number of cyclic esters (lactones) is 2. The average Bonchev–Trinajstić information content (AvgIpc) is 3.12. The zero-order chi connectivity index (χ0) is 25.8. The lowest BCUT2D eigenvalue weighted by Gasteiger charge is -2.70. The zero-order valence-corrected chi connectivity index (χ0v) is 22.5. The van der Waals surface area contributed by atoms with E-state index in [1.807, 2.05) is 13.8 Å². The van der Waals surface area contributed by atoms with Crippen LogP contribution in [0.15, 0.2) is 12.2 Å². The van der Waals surface area contributed by atoms with E-state index in [1.54, 1.807) is 0 Å². The third-order valence-electron chi connectivity index (χ3n) is 12.9. The van der Waals surface area contributed by atoms with Crippen molar-refractivity contribution in [2.24, 2.45) is 56.7 Å². The lowest BCUT2D eigenvalue weighted by Crippen LogP contribution is -2.65. The van der Waals surface area contributed by atoms with E-state index in [0.29, 0.717) is 18.3 Å². The highest BCUT2D eigenvalue weighted by atomic mass is 16.6. The number of esters is 2. The van der Waals surface area contributed by atoms with Gasteiger partial charge in [0.05, 0.1) is 17.3 Å². The predicted octanol–water partition coefficient (Wildman–Crippen LogP) is 6.41. The Bertz CT molecular complexity index is 997. The molecular weight excluding hydrogens is 440 g/mol. The van der Waals surface area contributed by atoms with Crippen LogP contribution in [0, 0.1) is 56.7 Å². The molecule has 4 aliphatic carbocycles. The van der Waals surface area contributed by atoms with E-state index in [9.17, 15) is 19.5 Å². The molecule has 5 fully saturated rings. The molecule has 0 spiro atoms. The van der Waals surface area contributed by atoms with Crippen LogP contribution in [-0.2, 0) is 19.1 Å². The number of carbonyl (C=O) groups is 3. The highest BCUT2D eigenvalue weighted by Crippen LogP contribution is 2.76. The summed E-state index contributed by atoms with van der Waals surface area (Å²) in [7, 11) is 0. The monoisotopic (exact) mass is 484 g/mol. The molecule has 5 rings (SSSR count). The van der Waals surface area contributed by atoms with Crippen molar-refractivity contribution in [2.75, 3.05) is 0 Å². The molecule has 0 radical (unpaired) electrons. The Hall–Kier alpha value is -1.65. The molecule has 9 atom stereocenters. The fraction of sp³-hybridized carbons (Fsp3) is 0.833. The summed E-state index contributed by atoms with van der Waals surface area (Å²) in [6, 6.07) is 0. The van der Waals surface area contributed by atoms with Gasteiger partial charge in [0.25, 0.3) is 0 Å². The minimum absolute atomic E-state index is 0.00405. The maximum atomic E-state index is 12.9. The second-order valence-electron chi connectivity index (χ2n) is 14.3. The van der Waals surface area contributed by atoms with Crippen molar-refractivity contribution in [1.82, 2.24) is 0 Å². The highest BCUT2D eigenvalue weighted by molar-refractivity contribution is 5.90. The van der Waals surface area contributed by atoms with Gasteiger partial charge in [-0.15, -0.1) is 0 Å². The number of ether oxygens (including phenoxy) is 1. The Balaban J connectivity index is 1.60. The topological polar surface area (TPSA) is 80.7 Å². The lowest BCUT2D eigenvalue weighted by molar-refractivity contribution is -0.228. The van der Waals surface area contributed by atoms with Gasteiger partial charge in [-0.05, 0) is 118 Å². The zero-order valence-electron chi connectivity index (χ0n) is 22.5. The molecule has 5 aliphatic rings. The summed E-state index contributed by atoms with van der Waals surface area (Å²) < 4.78 is 5.31. The van der Waals surface area contributed by atoms with Gasteiger partial charge in [-0.25, -0.2) is 0 Å². The fourth-order valence-corrected chi connectivity index (χ4v) is 11.0. The average molecular weight is 485 g/mol. The van der Waals surface area contributed by atoms with Crippen LogP contribution in [0.3, 0.4) is 0 Å². The number of aliphatic carboxylic acids is 1. The van der Waals surface area contributed by atoms with E-state index < -0.39 is 16.8 Å². The molecule has 5 nitrogen and oxygen atoms in total. The largest absolute Gasteiger partial charge is 0.481 e. The van der Waals surface area contributed by atoms with E-state index in [4.69, 9.17) is 4.74 Å². The van der Waals surface area contributed by atoms with Gasteiger partial charge in [-0.3, -0.25) is 14.4 Å². The van der Waals surface area contributed by atoms with Gasteiger partial charge in [0.15, 0.2) is 0 Å². The van der Waals surface area contributed by atoms with Gasteiger partial charge >= 0.3 is 17.9 Å². The number of carbonyl (C=O) groups excluding carboxylic acids is 2. The van der Waals surface area contributed by atoms with Gasteiger partial charge in [-0.1, -0.05) is 32.9 Å². The second kappa shape index (κ2) is 7.44. The molecule has 5 heteroatoms. The maximum absolute atomic E-state index is 12.9. The van der Waals surface area contributed by atoms with Crippen molar-refractivity contribution in [3.8, 4) is 0 Å². The van der Waals surface area contributed by atoms with Gasteiger partial charge in [0, 0.05) is 0 Å². The molecular formula is C30H44O5. The van der Waals surface area contributed by atoms with Crippen molar-refractivity contribution >= 4 is 17.9 Å². The fourth-order valence-electron chi connectivity index (χ4n) is 11.0. The van der Waals surface area contributed by atoms with Crippen molar-refractivity contribution in [2.45, 2.75) is 99.3 Å². The first-order valence-electron chi connectivity index (χ1n) is 13.8. The Morgan fingerprint density at radius 1 is 0.914 bits per heavy atom. The van der Waals surface area contributed by atoms with Crippen LogP contribution in [0.1, 0.15) is 99.3 Å². The SMILES string of the molecule is C=C(C)[C@@H]1CC[C@]2(C(=O)O)CC[C@]3(C)[C@H](CC[C@@H]4[C@@]5(C)CC(=O)OC(=O)C(C)(C)[C@@H]5CC[C@]43C)[C@@H]12. The van der Waals surface area contributed by atoms with Crippen molar-refractivity contribution in [3.05, 3.63) is 12.2 Å². The molecule has 1 heterocycles. The summed E-state index contributed by atoms with van der Waals surface area (Å²) in [5.74, 6) is -0.217. The lowest BCUT2D eigenvalue weighted by atomic mass is 9.33. The molecule has 0 bridgehead atoms.